The lowest BCUT2D eigenvalue weighted by atomic mass is 10.2. The van der Waals surface area contributed by atoms with Gasteiger partial charge in [0.05, 0.1) is 12.0 Å². The van der Waals surface area contributed by atoms with Crippen molar-refractivity contribution in [1.29, 1.82) is 0 Å². The molecule has 1 N–H and O–H groups in total. The zero-order valence-corrected chi connectivity index (χ0v) is 8.31. The molecule has 0 aliphatic carbocycles. The molecule has 1 amide bonds. The van der Waals surface area contributed by atoms with Gasteiger partial charge in [0.1, 0.15) is 0 Å². The van der Waals surface area contributed by atoms with Crippen molar-refractivity contribution in [1.82, 2.24) is 10.3 Å². The maximum atomic E-state index is 13.0. The number of hydrogen-bond donors (Lipinski definition) is 1. The Labute approximate surface area is 92.6 Å². The number of hydrogen-bond acceptors (Lipinski definition) is 2. The Morgan fingerprint density at radius 1 is 1.35 bits per heavy atom. The first-order valence-electron chi connectivity index (χ1n) is 4.46. The Balaban J connectivity index is 2.62. The van der Waals surface area contributed by atoms with E-state index in [4.69, 9.17) is 0 Å². The Morgan fingerprint density at radius 3 is 2.59 bits per heavy atom. The molecule has 0 unspecified atom stereocenters. The fourth-order valence-electron chi connectivity index (χ4n) is 1.01. The molecule has 17 heavy (non-hydrogen) atoms. The van der Waals surface area contributed by atoms with Crippen LogP contribution in [0.4, 0.5) is 22.0 Å². The van der Waals surface area contributed by atoms with Gasteiger partial charge < -0.3 is 5.32 Å². The van der Waals surface area contributed by atoms with Crippen LogP contribution in [0.5, 0.6) is 0 Å². The first-order valence-corrected chi connectivity index (χ1v) is 4.46. The largest absolute Gasteiger partial charge is 0.390 e. The molecule has 0 aliphatic rings. The van der Waals surface area contributed by atoms with Crippen LogP contribution in [-0.2, 0) is 0 Å². The molecule has 1 aromatic rings. The third-order valence-electron chi connectivity index (χ3n) is 1.79. The van der Waals surface area contributed by atoms with Crippen LogP contribution in [-0.4, -0.2) is 23.6 Å². The molecule has 0 saturated carbocycles. The molecule has 0 bridgehead atoms. The quantitative estimate of drug-likeness (QED) is 0.662. The van der Waals surface area contributed by atoms with E-state index in [0.717, 1.165) is 12.3 Å². The highest BCUT2D eigenvalue weighted by Gasteiger charge is 2.27. The first kappa shape index (κ1) is 13.3. The van der Waals surface area contributed by atoms with Crippen LogP contribution < -0.4 is 5.32 Å². The molecule has 0 aliphatic heterocycles. The third kappa shape index (κ3) is 3.97. The van der Waals surface area contributed by atoms with E-state index in [1.54, 1.807) is 0 Å². The predicted octanol–water partition coefficient (Wildman–Crippen LogP) is 2.04. The highest BCUT2D eigenvalue weighted by atomic mass is 19.4. The maximum Gasteiger partial charge on any atom is 0.390 e. The Bertz CT molecular complexity index is 418. The fourth-order valence-corrected chi connectivity index (χ4v) is 1.01. The van der Waals surface area contributed by atoms with Crippen molar-refractivity contribution in [3.8, 4) is 0 Å². The minimum Gasteiger partial charge on any atom is -0.352 e. The highest BCUT2D eigenvalue weighted by Crippen LogP contribution is 2.18. The van der Waals surface area contributed by atoms with Crippen LogP contribution in [0.25, 0.3) is 0 Å². The molecule has 1 heterocycles. The van der Waals surface area contributed by atoms with Gasteiger partial charge in [-0.3, -0.25) is 4.79 Å². The number of carbonyl (C=O) groups is 1. The smallest absolute Gasteiger partial charge is 0.352 e. The van der Waals surface area contributed by atoms with Crippen molar-refractivity contribution in [2.45, 2.75) is 12.6 Å². The Morgan fingerprint density at radius 2 is 2.00 bits per heavy atom. The molecule has 94 valence electrons. The van der Waals surface area contributed by atoms with Crippen molar-refractivity contribution in [2.24, 2.45) is 0 Å². The molecule has 0 spiro atoms. The summed E-state index contributed by atoms with van der Waals surface area (Å²) in [5.41, 5.74) is -0.681. The summed E-state index contributed by atoms with van der Waals surface area (Å²) in [4.78, 5) is 14.1. The molecular weight excluding hydrogens is 247 g/mol. The predicted molar refractivity (Wildman–Crippen MR) is 47.2 cm³/mol. The van der Waals surface area contributed by atoms with Crippen LogP contribution in [0.1, 0.15) is 16.8 Å². The zero-order valence-electron chi connectivity index (χ0n) is 8.31. The lowest BCUT2D eigenvalue weighted by Gasteiger charge is -2.08. The van der Waals surface area contributed by atoms with Gasteiger partial charge in [-0.2, -0.15) is 17.6 Å². The number of nitrogens with one attached hydrogen (secondary N) is 1. The second-order valence-corrected chi connectivity index (χ2v) is 3.08. The number of aromatic nitrogens is 1. The standard InChI is InChI=1S/C9H7F5N2O/c10-6-5(1-3-15-7(6)11)8(17)16-4-2-9(12,13)14/h1,3H,2,4H2,(H,16,17). The summed E-state index contributed by atoms with van der Waals surface area (Å²) in [7, 11) is 0. The number of nitrogens with zero attached hydrogens (tertiary/aromatic N) is 1. The van der Waals surface area contributed by atoms with Gasteiger partial charge in [0.2, 0.25) is 5.95 Å². The summed E-state index contributed by atoms with van der Waals surface area (Å²) < 4.78 is 60.9. The number of pyridine rings is 1. The van der Waals surface area contributed by atoms with Gasteiger partial charge in [0.25, 0.3) is 5.91 Å². The summed E-state index contributed by atoms with van der Waals surface area (Å²) in [5, 5.41) is 1.83. The number of alkyl halides is 3. The topological polar surface area (TPSA) is 42.0 Å². The van der Waals surface area contributed by atoms with Crippen LogP contribution in [0.15, 0.2) is 12.3 Å². The molecule has 8 heteroatoms. The Hall–Kier alpha value is -1.73. The van der Waals surface area contributed by atoms with E-state index in [0.29, 0.717) is 0 Å². The normalized spacial score (nSPS) is 11.4. The molecule has 0 atom stereocenters. The lowest BCUT2D eigenvalue weighted by Crippen LogP contribution is -2.28. The molecule has 1 rings (SSSR count). The van der Waals surface area contributed by atoms with Crippen molar-refractivity contribution >= 4 is 5.91 Å². The third-order valence-corrected chi connectivity index (χ3v) is 1.79. The minimum atomic E-state index is -4.42. The van der Waals surface area contributed by atoms with Crippen LogP contribution >= 0.6 is 0 Å². The molecule has 0 saturated heterocycles. The second-order valence-electron chi connectivity index (χ2n) is 3.08. The summed E-state index contributed by atoms with van der Waals surface area (Å²) in [6.45, 7) is -0.703. The van der Waals surface area contributed by atoms with Crippen molar-refractivity contribution in [2.75, 3.05) is 6.54 Å². The fraction of sp³-hybridized carbons (Fsp3) is 0.333. The SMILES string of the molecule is O=C(NCCC(F)(F)F)c1ccnc(F)c1F. The molecule has 0 fully saturated rings. The van der Waals surface area contributed by atoms with Crippen LogP contribution in [0.2, 0.25) is 0 Å². The van der Waals surface area contributed by atoms with Crippen molar-refractivity contribution in [3.05, 3.63) is 29.6 Å². The second kappa shape index (κ2) is 5.07. The van der Waals surface area contributed by atoms with E-state index in [9.17, 15) is 26.7 Å². The maximum absolute atomic E-state index is 13.0. The summed E-state index contributed by atoms with van der Waals surface area (Å²) in [6.07, 6.45) is -4.82. The number of carbonyl (C=O) groups excluding carboxylic acids is 1. The zero-order chi connectivity index (χ0) is 13.1. The molecule has 3 nitrogen and oxygen atoms in total. The van der Waals surface area contributed by atoms with Crippen LogP contribution in [0, 0.1) is 11.8 Å². The molecule has 0 radical (unpaired) electrons. The van der Waals surface area contributed by atoms with Gasteiger partial charge in [-0.1, -0.05) is 0 Å². The summed E-state index contributed by atoms with van der Waals surface area (Å²) in [5.74, 6) is -4.08. The average Bonchev–Trinajstić information content (AvgIpc) is 2.20. The van der Waals surface area contributed by atoms with Crippen molar-refractivity contribution in [3.63, 3.8) is 0 Å². The summed E-state index contributed by atoms with van der Waals surface area (Å²) >= 11 is 0. The van der Waals surface area contributed by atoms with Gasteiger partial charge in [-0.25, -0.2) is 9.37 Å². The summed E-state index contributed by atoms with van der Waals surface area (Å²) in [6, 6.07) is 0.876. The monoisotopic (exact) mass is 254 g/mol. The average molecular weight is 254 g/mol. The first-order chi connectivity index (χ1) is 7.81. The number of rotatable bonds is 3. The Kier molecular flexibility index (Phi) is 3.97. The van der Waals surface area contributed by atoms with Gasteiger partial charge >= 0.3 is 6.18 Å². The molecular formula is C9H7F5N2O. The minimum absolute atomic E-state index is 0.681. The van der Waals surface area contributed by atoms with Gasteiger partial charge in [-0.15, -0.1) is 0 Å². The van der Waals surface area contributed by atoms with E-state index in [1.807, 2.05) is 5.32 Å². The number of amides is 1. The number of halogens is 5. The molecule has 0 aromatic carbocycles. The van der Waals surface area contributed by atoms with E-state index in [-0.39, 0.29) is 0 Å². The van der Waals surface area contributed by atoms with Crippen LogP contribution in [0.3, 0.4) is 0 Å². The van der Waals surface area contributed by atoms with Gasteiger partial charge in [-0.05, 0) is 6.07 Å². The van der Waals surface area contributed by atoms with E-state index >= 15 is 0 Å². The van der Waals surface area contributed by atoms with E-state index in [1.165, 1.54) is 0 Å². The van der Waals surface area contributed by atoms with Gasteiger partial charge in [0.15, 0.2) is 5.82 Å². The highest BCUT2D eigenvalue weighted by molar-refractivity contribution is 5.94. The van der Waals surface area contributed by atoms with Crippen molar-refractivity contribution < 1.29 is 26.7 Å². The van der Waals surface area contributed by atoms with E-state index < -0.39 is 42.4 Å². The lowest BCUT2D eigenvalue weighted by molar-refractivity contribution is -0.132. The van der Waals surface area contributed by atoms with E-state index in [2.05, 4.69) is 4.98 Å². The molecule has 1 aromatic heterocycles. The van der Waals surface area contributed by atoms with Gasteiger partial charge in [0, 0.05) is 12.7 Å².